The smallest absolute Gasteiger partial charge is 0.267 e. The molecule has 2 nitrogen and oxygen atoms in total. The fourth-order valence-corrected chi connectivity index (χ4v) is 2.45. The van der Waals surface area contributed by atoms with E-state index >= 15 is 0 Å². The summed E-state index contributed by atoms with van der Waals surface area (Å²) < 4.78 is 30.6. The molecule has 6 heteroatoms. The molecule has 0 amide bonds. The number of alkyl halides is 3. The maximum Gasteiger partial charge on any atom is 0.267 e. The van der Waals surface area contributed by atoms with Gasteiger partial charge < -0.3 is 4.74 Å². The normalized spacial score (nSPS) is 10.7. The van der Waals surface area contributed by atoms with Gasteiger partial charge in [0.1, 0.15) is 10.4 Å². The van der Waals surface area contributed by atoms with Gasteiger partial charge in [-0.1, -0.05) is 15.9 Å². The minimum absolute atomic E-state index is 0.109. The molecule has 78 valence electrons. The zero-order chi connectivity index (χ0) is 10.7. The van der Waals surface area contributed by atoms with Gasteiger partial charge in [-0.15, -0.1) is 0 Å². The summed E-state index contributed by atoms with van der Waals surface area (Å²) in [4.78, 5) is 3.89. The highest BCUT2D eigenvalue weighted by Gasteiger charge is 2.21. The van der Waals surface area contributed by atoms with Crippen molar-refractivity contribution >= 4 is 31.9 Å². The van der Waals surface area contributed by atoms with Crippen LogP contribution in [-0.2, 0) is 5.33 Å². The minimum Gasteiger partial charge on any atom is -0.495 e. The number of pyridine rings is 1. The highest BCUT2D eigenvalue weighted by Crippen LogP contribution is 2.35. The summed E-state index contributed by atoms with van der Waals surface area (Å²) in [6, 6.07) is 0. The van der Waals surface area contributed by atoms with Crippen LogP contribution < -0.4 is 4.74 Å². The van der Waals surface area contributed by atoms with Gasteiger partial charge in [-0.2, -0.15) is 0 Å². The van der Waals surface area contributed by atoms with Gasteiger partial charge in [0.2, 0.25) is 0 Å². The van der Waals surface area contributed by atoms with Gasteiger partial charge in [-0.25, -0.2) is 13.8 Å². The van der Waals surface area contributed by atoms with Crippen LogP contribution in [-0.4, -0.2) is 12.1 Å². The number of methoxy groups -OCH3 is 1. The Kier molecular flexibility index (Phi) is 4.25. The molecular weight excluding hydrogens is 324 g/mol. The molecule has 1 aromatic heterocycles. The fourth-order valence-electron chi connectivity index (χ4n) is 1.05. The molecule has 0 aliphatic carbocycles. The quantitative estimate of drug-likeness (QED) is 0.623. The number of ether oxygens (including phenoxy) is 1. The molecule has 0 aliphatic rings. The number of nitrogens with zero attached hydrogens (tertiary/aromatic N) is 1. The lowest BCUT2D eigenvalue weighted by molar-refractivity contribution is 0.146. The Bertz CT molecular complexity index is 333. The molecule has 0 fully saturated rings. The Labute approximate surface area is 96.9 Å². The Morgan fingerprint density at radius 3 is 2.64 bits per heavy atom. The van der Waals surface area contributed by atoms with Crippen LogP contribution in [0.4, 0.5) is 8.78 Å². The molecule has 0 unspecified atom stereocenters. The van der Waals surface area contributed by atoms with Crippen molar-refractivity contribution in [2.75, 3.05) is 7.11 Å². The summed E-state index contributed by atoms with van der Waals surface area (Å²) in [7, 11) is 1.34. The molecular formula is C8H7Br2F2NO. The van der Waals surface area contributed by atoms with Gasteiger partial charge in [0.05, 0.1) is 18.9 Å². The molecule has 0 spiro atoms. The molecule has 0 aliphatic heterocycles. The SMILES string of the molecule is COc1cnc(Br)c(CBr)c1C(F)F. The molecule has 1 heterocycles. The average molecular weight is 331 g/mol. The van der Waals surface area contributed by atoms with E-state index in [0.717, 1.165) is 0 Å². The topological polar surface area (TPSA) is 22.1 Å². The van der Waals surface area contributed by atoms with E-state index in [1.165, 1.54) is 13.3 Å². The first-order chi connectivity index (χ1) is 6.61. The number of aromatic nitrogens is 1. The van der Waals surface area contributed by atoms with E-state index in [0.29, 0.717) is 15.5 Å². The van der Waals surface area contributed by atoms with Crippen molar-refractivity contribution in [2.45, 2.75) is 11.8 Å². The second-order valence-corrected chi connectivity index (χ2v) is 3.76. The summed E-state index contributed by atoms with van der Waals surface area (Å²) in [5, 5.41) is 0.303. The van der Waals surface area contributed by atoms with Crippen molar-refractivity contribution in [3.05, 3.63) is 21.9 Å². The average Bonchev–Trinajstić information content (AvgIpc) is 2.17. The van der Waals surface area contributed by atoms with E-state index in [-0.39, 0.29) is 11.3 Å². The summed E-state index contributed by atoms with van der Waals surface area (Å²) in [5.41, 5.74) is 0.297. The number of hydrogen-bond acceptors (Lipinski definition) is 2. The second kappa shape index (κ2) is 5.02. The monoisotopic (exact) mass is 329 g/mol. The van der Waals surface area contributed by atoms with E-state index in [1.807, 2.05) is 0 Å². The predicted octanol–water partition coefficient (Wildman–Crippen LogP) is 3.69. The molecule has 0 atom stereocenters. The summed E-state index contributed by atoms with van der Waals surface area (Å²) in [6.07, 6.45) is -1.30. The molecule has 0 bridgehead atoms. The van der Waals surface area contributed by atoms with Crippen LogP contribution in [0, 0.1) is 0 Å². The van der Waals surface area contributed by atoms with Crippen molar-refractivity contribution in [3.63, 3.8) is 0 Å². The first-order valence-electron chi connectivity index (χ1n) is 3.67. The standard InChI is InChI=1S/C8H7Br2F2NO/c1-14-5-3-13-7(10)4(2-9)6(5)8(11)12/h3,8H,2H2,1H3. The first-order valence-corrected chi connectivity index (χ1v) is 5.58. The van der Waals surface area contributed by atoms with Crippen LogP contribution in [0.1, 0.15) is 17.6 Å². The van der Waals surface area contributed by atoms with E-state index in [1.54, 1.807) is 0 Å². The molecule has 0 saturated carbocycles. The first kappa shape index (κ1) is 11.8. The molecule has 0 saturated heterocycles. The van der Waals surface area contributed by atoms with Crippen LogP contribution in [0.3, 0.4) is 0 Å². The number of hydrogen-bond donors (Lipinski definition) is 0. The molecule has 1 rings (SSSR count). The summed E-state index contributed by atoms with van der Waals surface area (Å²) in [5.74, 6) is 0.109. The Balaban J connectivity index is 3.36. The van der Waals surface area contributed by atoms with Crippen molar-refractivity contribution < 1.29 is 13.5 Å². The van der Waals surface area contributed by atoms with Gasteiger partial charge >= 0.3 is 0 Å². The lowest BCUT2D eigenvalue weighted by atomic mass is 10.1. The third-order valence-corrected chi connectivity index (χ3v) is 2.95. The zero-order valence-corrected chi connectivity index (χ0v) is 10.4. The molecule has 0 aromatic carbocycles. The van der Waals surface area contributed by atoms with Crippen molar-refractivity contribution in [1.29, 1.82) is 0 Å². The summed E-state index contributed by atoms with van der Waals surface area (Å²) >= 11 is 6.24. The highest BCUT2D eigenvalue weighted by molar-refractivity contribution is 9.10. The Morgan fingerprint density at radius 2 is 2.21 bits per heavy atom. The van der Waals surface area contributed by atoms with E-state index in [9.17, 15) is 8.78 Å². The van der Waals surface area contributed by atoms with Gasteiger partial charge in [0.15, 0.2) is 0 Å². The minimum atomic E-state index is -2.57. The van der Waals surface area contributed by atoms with Crippen LogP contribution in [0.15, 0.2) is 10.8 Å². The van der Waals surface area contributed by atoms with Crippen LogP contribution >= 0.6 is 31.9 Å². The Hall–Kier alpha value is -0.230. The largest absolute Gasteiger partial charge is 0.495 e. The van der Waals surface area contributed by atoms with Crippen LogP contribution in [0.25, 0.3) is 0 Å². The van der Waals surface area contributed by atoms with E-state index < -0.39 is 6.43 Å². The lowest BCUT2D eigenvalue weighted by Crippen LogP contribution is -2.00. The third kappa shape index (κ3) is 2.23. The van der Waals surface area contributed by atoms with Gasteiger partial charge in [-0.3, -0.25) is 0 Å². The van der Waals surface area contributed by atoms with E-state index in [4.69, 9.17) is 4.74 Å². The zero-order valence-electron chi connectivity index (χ0n) is 7.23. The molecule has 14 heavy (non-hydrogen) atoms. The van der Waals surface area contributed by atoms with Gasteiger partial charge in [-0.05, 0) is 15.9 Å². The van der Waals surface area contributed by atoms with Crippen molar-refractivity contribution in [1.82, 2.24) is 4.98 Å². The van der Waals surface area contributed by atoms with Crippen molar-refractivity contribution in [2.24, 2.45) is 0 Å². The molecule has 1 aromatic rings. The summed E-state index contributed by atoms with van der Waals surface area (Å²) in [6.45, 7) is 0. The second-order valence-electron chi connectivity index (χ2n) is 2.44. The van der Waals surface area contributed by atoms with Gasteiger partial charge in [0.25, 0.3) is 6.43 Å². The number of halogens is 4. The Morgan fingerprint density at radius 1 is 1.57 bits per heavy atom. The van der Waals surface area contributed by atoms with Crippen molar-refractivity contribution in [3.8, 4) is 5.75 Å². The lowest BCUT2D eigenvalue weighted by Gasteiger charge is -2.12. The van der Waals surface area contributed by atoms with E-state index in [2.05, 4.69) is 36.8 Å². The maximum atomic E-state index is 12.7. The fraction of sp³-hybridized carbons (Fsp3) is 0.375. The molecule has 0 N–H and O–H groups in total. The highest BCUT2D eigenvalue weighted by atomic mass is 79.9. The third-order valence-electron chi connectivity index (χ3n) is 1.71. The number of rotatable bonds is 3. The van der Waals surface area contributed by atoms with Crippen LogP contribution in [0.2, 0.25) is 0 Å². The van der Waals surface area contributed by atoms with Crippen LogP contribution in [0.5, 0.6) is 5.75 Å². The van der Waals surface area contributed by atoms with Gasteiger partial charge in [0, 0.05) is 10.9 Å². The predicted molar refractivity (Wildman–Crippen MR) is 56.1 cm³/mol. The maximum absolute atomic E-state index is 12.7. The molecule has 0 radical (unpaired) electrons.